The van der Waals surface area contributed by atoms with Crippen LogP contribution in [-0.2, 0) is 9.47 Å². The van der Waals surface area contributed by atoms with Crippen LogP contribution in [0.25, 0.3) is 0 Å². The molecule has 0 spiro atoms. The molecule has 1 aliphatic rings. The highest BCUT2D eigenvalue weighted by Crippen LogP contribution is 2.16. The molecule has 1 aliphatic heterocycles. The molecule has 0 bridgehead atoms. The minimum atomic E-state index is -0.740. The first-order valence-corrected chi connectivity index (χ1v) is 6.28. The van der Waals surface area contributed by atoms with Crippen LogP contribution in [0.15, 0.2) is 0 Å². The van der Waals surface area contributed by atoms with Gasteiger partial charge >= 0.3 is 18.2 Å². The molecule has 0 aromatic rings. The van der Waals surface area contributed by atoms with Crippen molar-refractivity contribution in [2.75, 3.05) is 27.3 Å². The topological polar surface area (TPSA) is 100 Å². The predicted octanol–water partition coefficient (Wildman–Crippen LogP) is 0.128. The molecule has 2 atom stereocenters. The van der Waals surface area contributed by atoms with Crippen LogP contribution in [0.2, 0.25) is 0 Å². The molecule has 9 nitrogen and oxygen atoms in total. The fourth-order valence-electron chi connectivity index (χ4n) is 1.85. The largest absolute Gasteiger partial charge is 0.450 e. The van der Waals surface area contributed by atoms with Crippen molar-refractivity contribution in [3.05, 3.63) is 0 Å². The zero-order chi connectivity index (χ0) is 15.3. The summed E-state index contributed by atoms with van der Waals surface area (Å²) in [6.07, 6.45) is -2.81. The van der Waals surface area contributed by atoms with E-state index in [9.17, 15) is 14.4 Å². The smallest absolute Gasteiger partial charge is 0.408 e. The summed E-state index contributed by atoms with van der Waals surface area (Å²) in [6.45, 7) is 3.76. The summed E-state index contributed by atoms with van der Waals surface area (Å²) in [7, 11) is 3.03. The van der Waals surface area contributed by atoms with E-state index in [4.69, 9.17) is 9.47 Å². The van der Waals surface area contributed by atoms with E-state index in [-0.39, 0.29) is 19.2 Å². The van der Waals surface area contributed by atoms with Crippen LogP contribution < -0.4 is 10.6 Å². The molecule has 2 N–H and O–H groups in total. The molecule has 1 fully saturated rings. The van der Waals surface area contributed by atoms with Crippen molar-refractivity contribution in [3.63, 3.8) is 0 Å². The number of ether oxygens (including phenoxy) is 2. The van der Waals surface area contributed by atoms with Gasteiger partial charge in [0.1, 0.15) is 12.3 Å². The standard InChI is InChI=1S/C11H20N4O5/c1-5-19-9(16)12-7-8(13-10(17)20-6-2)15(4)11(18)14(7)3/h7-8H,5-6H2,1-4H3,(H,12,16)(H,13,17)/t7-,8-/m1/s1. The van der Waals surface area contributed by atoms with Gasteiger partial charge in [-0.1, -0.05) is 0 Å². The van der Waals surface area contributed by atoms with Gasteiger partial charge in [-0.15, -0.1) is 0 Å². The van der Waals surface area contributed by atoms with Crippen LogP contribution in [0.3, 0.4) is 0 Å². The molecule has 4 amide bonds. The lowest BCUT2D eigenvalue weighted by Crippen LogP contribution is -2.56. The molecular weight excluding hydrogens is 268 g/mol. The predicted molar refractivity (Wildman–Crippen MR) is 68.8 cm³/mol. The third-order valence-electron chi connectivity index (χ3n) is 2.82. The molecule has 0 unspecified atom stereocenters. The Kier molecular flexibility index (Phi) is 5.42. The van der Waals surface area contributed by atoms with Crippen LogP contribution in [0.4, 0.5) is 14.4 Å². The number of carbonyl (C=O) groups is 3. The summed E-state index contributed by atoms with van der Waals surface area (Å²) < 4.78 is 9.55. The molecule has 114 valence electrons. The highest BCUT2D eigenvalue weighted by molar-refractivity contribution is 5.80. The SMILES string of the molecule is CCOC(=O)N[C@H]1[C@H](NC(=O)OCC)N(C)C(=O)N1C. The van der Waals surface area contributed by atoms with Crippen molar-refractivity contribution in [2.45, 2.75) is 26.2 Å². The summed E-state index contributed by atoms with van der Waals surface area (Å²) in [5.74, 6) is 0. The first kappa shape index (κ1) is 15.9. The van der Waals surface area contributed by atoms with E-state index in [0.29, 0.717) is 0 Å². The van der Waals surface area contributed by atoms with Gasteiger partial charge in [0.15, 0.2) is 0 Å². The van der Waals surface area contributed by atoms with Crippen molar-refractivity contribution in [2.24, 2.45) is 0 Å². The lowest BCUT2D eigenvalue weighted by molar-refractivity contribution is 0.118. The Morgan fingerprint density at radius 2 is 1.35 bits per heavy atom. The van der Waals surface area contributed by atoms with Crippen molar-refractivity contribution in [1.82, 2.24) is 20.4 Å². The van der Waals surface area contributed by atoms with Gasteiger partial charge in [0, 0.05) is 14.1 Å². The molecule has 9 heteroatoms. The summed E-state index contributed by atoms with van der Waals surface area (Å²) >= 11 is 0. The number of amides is 4. The lowest BCUT2D eigenvalue weighted by atomic mass is 10.3. The average molecular weight is 288 g/mol. The number of carbonyl (C=O) groups excluding carboxylic acids is 3. The molecule has 20 heavy (non-hydrogen) atoms. The molecule has 1 rings (SSSR count). The highest BCUT2D eigenvalue weighted by atomic mass is 16.6. The Balaban J connectivity index is 2.77. The number of nitrogens with zero attached hydrogens (tertiary/aromatic N) is 2. The Labute approximate surface area is 117 Å². The number of hydrogen-bond donors (Lipinski definition) is 2. The van der Waals surface area contributed by atoms with Crippen LogP contribution in [0, 0.1) is 0 Å². The molecule has 0 saturated carbocycles. The van der Waals surface area contributed by atoms with E-state index in [2.05, 4.69) is 10.6 Å². The Bertz CT molecular complexity index is 355. The fraction of sp³-hybridized carbons (Fsp3) is 0.727. The van der Waals surface area contributed by atoms with Crippen molar-refractivity contribution >= 4 is 18.2 Å². The van der Waals surface area contributed by atoms with Gasteiger partial charge in [0.05, 0.1) is 13.2 Å². The van der Waals surface area contributed by atoms with E-state index in [1.165, 1.54) is 23.9 Å². The second kappa shape index (κ2) is 6.83. The number of likely N-dealkylation sites (N-methyl/N-ethyl adjacent to an activating group) is 2. The van der Waals surface area contributed by atoms with Crippen LogP contribution >= 0.6 is 0 Å². The van der Waals surface area contributed by atoms with Gasteiger partial charge in [-0.25, -0.2) is 14.4 Å². The first-order chi connectivity index (χ1) is 9.42. The first-order valence-electron chi connectivity index (χ1n) is 6.28. The zero-order valence-corrected chi connectivity index (χ0v) is 12.0. The number of urea groups is 1. The van der Waals surface area contributed by atoms with Crippen molar-refractivity contribution in [1.29, 1.82) is 0 Å². The Hall–Kier alpha value is -2.19. The maximum absolute atomic E-state index is 11.9. The third kappa shape index (κ3) is 3.43. The van der Waals surface area contributed by atoms with E-state index in [0.717, 1.165) is 0 Å². The number of alkyl carbamates (subject to hydrolysis) is 2. The number of nitrogens with one attached hydrogen (secondary N) is 2. The monoisotopic (exact) mass is 288 g/mol. The Morgan fingerprint density at radius 3 is 1.65 bits per heavy atom. The van der Waals surface area contributed by atoms with E-state index < -0.39 is 24.5 Å². The third-order valence-corrected chi connectivity index (χ3v) is 2.82. The van der Waals surface area contributed by atoms with Crippen LogP contribution in [0.1, 0.15) is 13.8 Å². The van der Waals surface area contributed by atoms with Crippen molar-refractivity contribution < 1.29 is 23.9 Å². The number of hydrogen-bond acceptors (Lipinski definition) is 5. The molecular formula is C11H20N4O5. The Morgan fingerprint density at radius 1 is 1.00 bits per heavy atom. The maximum atomic E-state index is 11.9. The minimum Gasteiger partial charge on any atom is -0.450 e. The summed E-state index contributed by atoms with van der Waals surface area (Å²) in [5.41, 5.74) is 0. The number of rotatable bonds is 4. The van der Waals surface area contributed by atoms with Gasteiger partial charge in [-0.3, -0.25) is 10.6 Å². The molecule has 0 aliphatic carbocycles. The second-order valence-corrected chi connectivity index (χ2v) is 4.12. The van der Waals surface area contributed by atoms with Crippen LogP contribution in [0.5, 0.6) is 0 Å². The molecule has 0 aromatic carbocycles. The van der Waals surface area contributed by atoms with Gasteiger partial charge in [-0.2, -0.15) is 0 Å². The normalized spacial score (nSPS) is 21.7. The maximum Gasteiger partial charge on any atom is 0.408 e. The van der Waals surface area contributed by atoms with Crippen LogP contribution in [-0.4, -0.2) is 67.7 Å². The zero-order valence-electron chi connectivity index (χ0n) is 12.0. The summed E-state index contributed by atoms with van der Waals surface area (Å²) in [4.78, 5) is 37.4. The quantitative estimate of drug-likeness (QED) is 0.765. The van der Waals surface area contributed by atoms with Gasteiger partial charge in [0.25, 0.3) is 0 Å². The van der Waals surface area contributed by atoms with Gasteiger partial charge in [-0.05, 0) is 13.8 Å². The summed E-state index contributed by atoms with van der Waals surface area (Å²) in [5, 5.41) is 5.04. The lowest BCUT2D eigenvalue weighted by Gasteiger charge is -2.25. The molecule has 1 heterocycles. The van der Waals surface area contributed by atoms with E-state index >= 15 is 0 Å². The van der Waals surface area contributed by atoms with Crippen molar-refractivity contribution in [3.8, 4) is 0 Å². The molecule has 0 aromatic heterocycles. The van der Waals surface area contributed by atoms with Gasteiger partial charge in [0.2, 0.25) is 0 Å². The highest BCUT2D eigenvalue weighted by Gasteiger charge is 2.44. The molecule has 0 radical (unpaired) electrons. The second-order valence-electron chi connectivity index (χ2n) is 4.12. The fourth-order valence-corrected chi connectivity index (χ4v) is 1.85. The minimum absolute atomic E-state index is 0.210. The van der Waals surface area contributed by atoms with Gasteiger partial charge < -0.3 is 19.3 Å². The average Bonchev–Trinajstić information content (AvgIpc) is 2.57. The van der Waals surface area contributed by atoms with E-state index in [1.54, 1.807) is 13.8 Å². The van der Waals surface area contributed by atoms with E-state index in [1.807, 2.05) is 0 Å². The summed E-state index contributed by atoms with van der Waals surface area (Å²) in [6, 6.07) is -0.339. The molecule has 1 saturated heterocycles.